The zero-order valence-corrected chi connectivity index (χ0v) is 10.1. The number of nitrogens with zero attached hydrogens (tertiary/aromatic N) is 2. The Morgan fingerprint density at radius 3 is 2.17 bits per heavy atom. The minimum Gasteiger partial charge on any atom is -0.339 e. The number of piperazine rings is 1. The van der Waals surface area contributed by atoms with E-state index in [4.69, 9.17) is 5.73 Å². The molecule has 0 radical (unpaired) electrons. The molecule has 1 saturated heterocycles. The van der Waals surface area contributed by atoms with Crippen molar-refractivity contribution in [2.75, 3.05) is 32.7 Å². The third kappa shape index (κ3) is 3.81. The summed E-state index contributed by atoms with van der Waals surface area (Å²) in [6, 6.07) is -0.640. The summed E-state index contributed by atoms with van der Waals surface area (Å²) in [5.74, 6) is -4.26. The highest BCUT2D eigenvalue weighted by Crippen LogP contribution is 2.24. The van der Waals surface area contributed by atoms with E-state index in [2.05, 4.69) is 0 Å². The van der Waals surface area contributed by atoms with Crippen LogP contribution in [-0.2, 0) is 4.79 Å². The highest BCUT2D eigenvalue weighted by molar-refractivity contribution is 5.81. The molecular weight excluding hydrogens is 254 g/mol. The van der Waals surface area contributed by atoms with Crippen LogP contribution in [0.25, 0.3) is 0 Å². The van der Waals surface area contributed by atoms with Crippen LogP contribution >= 0.6 is 0 Å². The van der Waals surface area contributed by atoms with Gasteiger partial charge in [0, 0.05) is 26.2 Å². The molecule has 0 aromatic heterocycles. The fraction of sp³-hybridized carbons (Fsp3) is 0.900. The number of alkyl halides is 4. The maximum absolute atomic E-state index is 12.8. The molecule has 0 spiro atoms. The number of amides is 1. The third-order valence-electron chi connectivity index (χ3n) is 2.83. The van der Waals surface area contributed by atoms with Crippen molar-refractivity contribution in [2.45, 2.75) is 25.3 Å². The van der Waals surface area contributed by atoms with Crippen LogP contribution < -0.4 is 5.73 Å². The number of carbonyl (C=O) groups excluding carboxylic acids is 1. The van der Waals surface area contributed by atoms with Crippen LogP contribution in [0.4, 0.5) is 17.6 Å². The predicted octanol–water partition coefficient (Wildman–Crippen LogP) is 0.378. The number of rotatable bonds is 4. The number of hydrogen-bond acceptors (Lipinski definition) is 3. The van der Waals surface area contributed by atoms with E-state index < -0.39 is 24.9 Å². The van der Waals surface area contributed by atoms with E-state index in [9.17, 15) is 22.4 Å². The fourth-order valence-electron chi connectivity index (χ4n) is 1.78. The summed E-state index contributed by atoms with van der Waals surface area (Å²) in [6.07, 6.45) is -3.67. The molecule has 1 heterocycles. The minimum absolute atomic E-state index is 0.154. The summed E-state index contributed by atoms with van der Waals surface area (Å²) in [6.45, 7) is 1.34. The van der Waals surface area contributed by atoms with Crippen LogP contribution in [0.5, 0.6) is 0 Å². The third-order valence-corrected chi connectivity index (χ3v) is 2.83. The van der Waals surface area contributed by atoms with Crippen LogP contribution in [0, 0.1) is 0 Å². The quantitative estimate of drug-likeness (QED) is 0.752. The average Bonchev–Trinajstić information content (AvgIpc) is 2.28. The van der Waals surface area contributed by atoms with Crippen molar-refractivity contribution >= 4 is 5.91 Å². The molecule has 1 aliphatic rings. The lowest BCUT2D eigenvalue weighted by atomic mass is 10.2. The lowest BCUT2D eigenvalue weighted by Gasteiger charge is -2.36. The number of halogens is 4. The van der Waals surface area contributed by atoms with Crippen molar-refractivity contribution < 1.29 is 22.4 Å². The van der Waals surface area contributed by atoms with Crippen molar-refractivity contribution in [3.8, 4) is 0 Å². The normalized spacial score (nSPS) is 20.3. The number of hydrogen-bond donors (Lipinski definition) is 1. The summed E-state index contributed by atoms with van der Waals surface area (Å²) in [5, 5.41) is 0. The molecule has 1 atom stereocenters. The Morgan fingerprint density at radius 2 is 1.78 bits per heavy atom. The Kier molecular flexibility index (Phi) is 4.92. The van der Waals surface area contributed by atoms with Crippen molar-refractivity contribution in [3.63, 3.8) is 0 Å². The molecule has 1 amide bonds. The van der Waals surface area contributed by atoms with Crippen LogP contribution in [0.2, 0.25) is 0 Å². The van der Waals surface area contributed by atoms with Gasteiger partial charge in [-0.25, -0.2) is 8.78 Å². The lowest BCUT2D eigenvalue weighted by molar-refractivity contribution is -0.148. The molecule has 8 heteroatoms. The molecule has 1 fully saturated rings. The maximum Gasteiger partial charge on any atom is 0.319 e. The smallest absolute Gasteiger partial charge is 0.319 e. The van der Waals surface area contributed by atoms with Gasteiger partial charge in [0.25, 0.3) is 0 Å². The highest BCUT2D eigenvalue weighted by Gasteiger charge is 2.42. The van der Waals surface area contributed by atoms with E-state index in [1.165, 1.54) is 9.80 Å². The second-order valence-corrected chi connectivity index (χ2v) is 4.45. The van der Waals surface area contributed by atoms with E-state index in [1.54, 1.807) is 6.92 Å². The molecule has 0 aromatic rings. The molecule has 1 aliphatic heterocycles. The molecule has 2 N–H and O–H groups in total. The van der Waals surface area contributed by atoms with E-state index >= 15 is 0 Å². The summed E-state index contributed by atoms with van der Waals surface area (Å²) in [4.78, 5) is 14.2. The van der Waals surface area contributed by atoms with Crippen LogP contribution in [0.15, 0.2) is 0 Å². The Hall–Kier alpha value is -0.890. The molecule has 0 bridgehead atoms. The van der Waals surface area contributed by atoms with Crippen molar-refractivity contribution in [1.29, 1.82) is 0 Å². The van der Waals surface area contributed by atoms with E-state index in [-0.39, 0.29) is 32.1 Å². The SMILES string of the molecule is C[C@@H](N)C(=O)N1CCN(CC(F)(F)C(F)F)CC1. The first kappa shape index (κ1) is 15.2. The van der Waals surface area contributed by atoms with Crippen LogP contribution in [-0.4, -0.2) is 66.8 Å². The largest absolute Gasteiger partial charge is 0.339 e. The van der Waals surface area contributed by atoms with Crippen LogP contribution in [0.3, 0.4) is 0 Å². The molecule has 0 unspecified atom stereocenters. The van der Waals surface area contributed by atoms with Gasteiger partial charge in [-0.3, -0.25) is 9.69 Å². The van der Waals surface area contributed by atoms with Gasteiger partial charge in [-0.05, 0) is 6.92 Å². The maximum atomic E-state index is 12.8. The fourth-order valence-corrected chi connectivity index (χ4v) is 1.78. The van der Waals surface area contributed by atoms with Gasteiger partial charge in [0.2, 0.25) is 5.91 Å². The van der Waals surface area contributed by atoms with Gasteiger partial charge in [0.1, 0.15) is 0 Å². The Balaban J connectivity index is 2.43. The first-order valence-corrected chi connectivity index (χ1v) is 5.66. The first-order valence-electron chi connectivity index (χ1n) is 5.66. The molecule has 0 aromatic carbocycles. The van der Waals surface area contributed by atoms with Gasteiger partial charge < -0.3 is 10.6 Å². The summed E-state index contributed by atoms with van der Waals surface area (Å²) >= 11 is 0. The van der Waals surface area contributed by atoms with Gasteiger partial charge in [-0.15, -0.1) is 0 Å². The molecular formula is C10H17F4N3O. The molecule has 4 nitrogen and oxygen atoms in total. The minimum atomic E-state index is -4.01. The highest BCUT2D eigenvalue weighted by atomic mass is 19.3. The Morgan fingerprint density at radius 1 is 1.28 bits per heavy atom. The zero-order valence-electron chi connectivity index (χ0n) is 10.1. The standard InChI is InChI=1S/C10H17F4N3O/c1-7(15)8(18)17-4-2-16(3-5-17)6-10(13,14)9(11)12/h7,9H,2-6,15H2,1H3/t7-/m1/s1. The average molecular weight is 271 g/mol. The van der Waals surface area contributed by atoms with Gasteiger partial charge >= 0.3 is 12.3 Å². The summed E-state index contributed by atoms with van der Waals surface area (Å²) in [7, 11) is 0. The lowest BCUT2D eigenvalue weighted by Crippen LogP contribution is -2.55. The van der Waals surface area contributed by atoms with Crippen molar-refractivity contribution in [2.24, 2.45) is 5.73 Å². The zero-order chi connectivity index (χ0) is 13.9. The van der Waals surface area contributed by atoms with E-state index in [0.717, 1.165) is 0 Å². The van der Waals surface area contributed by atoms with Crippen molar-refractivity contribution in [3.05, 3.63) is 0 Å². The predicted molar refractivity (Wildman–Crippen MR) is 57.6 cm³/mol. The van der Waals surface area contributed by atoms with Gasteiger partial charge in [0.15, 0.2) is 0 Å². The topological polar surface area (TPSA) is 49.6 Å². The second-order valence-electron chi connectivity index (χ2n) is 4.45. The molecule has 18 heavy (non-hydrogen) atoms. The summed E-state index contributed by atoms with van der Waals surface area (Å²) < 4.78 is 49.7. The monoisotopic (exact) mass is 271 g/mol. The molecule has 0 aliphatic carbocycles. The Bertz CT molecular complexity index is 291. The van der Waals surface area contributed by atoms with E-state index in [1.807, 2.05) is 0 Å². The molecule has 106 valence electrons. The molecule has 1 rings (SSSR count). The first-order chi connectivity index (χ1) is 8.24. The number of nitrogens with two attached hydrogens (primary N) is 1. The summed E-state index contributed by atoms with van der Waals surface area (Å²) in [5.41, 5.74) is 5.42. The van der Waals surface area contributed by atoms with Crippen LogP contribution in [0.1, 0.15) is 6.92 Å². The Labute approximate surface area is 103 Å². The molecule has 0 saturated carbocycles. The van der Waals surface area contributed by atoms with Gasteiger partial charge in [-0.1, -0.05) is 0 Å². The number of carbonyl (C=O) groups is 1. The second kappa shape index (κ2) is 5.83. The van der Waals surface area contributed by atoms with E-state index in [0.29, 0.717) is 0 Å². The van der Waals surface area contributed by atoms with Gasteiger partial charge in [-0.2, -0.15) is 8.78 Å². The van der Waals surface area contributed by atoms with Gasteiger partial charge in [0.05, 0.1) is 12.6 Å². The van der Waals surface area contributed by atoms with Crippen molar-refractivity contribution in [1.82, 2.24) is 9.80 Å².